The first-order valence-corrected chi connectivity index (χ1v) is 4.22. The first-order chi connectivity index (χ1) is 5.18. The van der Waals surface area contributed by atoms with Crippen LogP contribution in [0, 0.1) is 0 Å². The third kappa shape index (κ3) is 2.85. The average Bonchev–Trinajstić information content (AvgIpc) is 1.85. The number of nitrogen functional groups attached to an aromatic ring is 1. The van der Waals surface area contributed by atoms with E-state index < -0.39 is 0 Å². The maximum atomic E-state index is 5.61. The molecule has 0 radical (unpaired) electrons. The van der Waals surface area contributed by atoms with Crippen molar-refractivity contribution in [1.82, 2.24) is 0 Å². The molecule has 11 heavy (non-hydrogen) atoms. The maximum Gasteiger partial charge on any atom is 0.0316 e. The maximum absolute atomic E-state index is 5.61. The number of rotatable bonds is 2. The number of thiol groups is 1. The average molecular weight is 167 g/mol. The second kappa shape index (κ2) is 3.67. The number of hydrogen-bond donors (Lipinski definition) is 2. The van der Waals surface area contributed by atoms with E-state index in [2.05, 4.69) is 25.6 Å². The van der Waals surface area contributed by atoms with Crippen LogP contribution < -0.4 is 5.73 Å². The Labute approximate surface area is 73.0 Å². The molecule has 1 aromatic carbocycles. The summed E-state index contributed by atoms with van der Waals surface area (Å²) < 4.78 is 0. The van der Waals surface area contributed by atoms with Crippen molar-refractivity contribution in [3.8, 4) is 0 Å². The molecule has 1 aromatic rings. The Balaban J connectivity index is 2.71. The lowest BCUT2D eigenvalue weighted by Gasteiger charge is -2.03. The molecule has 0 aromatic heterocycles. The van der Waals surface area contributed by atoms with Crippen LogP contribution in [0.15, 0.2) is 24.3 Å². The molecule has 60 valence electrons. The van der Waals surface area contributed by atoms with E-state index in [9.17, 15) is 0 Å². The van der Waals surface area contributed by atoms with Crippen LogP contribution >= 0.6 is 12.6 Å². The van der Waals surface area contributed by atoms with Crippen LogP contribution in [0.4, 0.5) is 5.69 Å². The quantitative estimate of drug-likeness (QED) is 0.512. The zero-order valence-corrected chi connectivity index (χ0v) is 7.51. The molecule has 0 fully saturated rings. The van der Waals surface area contributed by atoms with E-state index in [0.717, 1.165) is 12.1 Å². The van der Waals surface area contributed by atoms with Crippen LogP contribution in [-0.4, -0.2) is 5.25 Å². The molecular weight excluding hydrogens is 154 g/mol. The van der Waals surface area contributed by atoms with Gasteiger partial charge in [-0.25, -0.2) is 0 Å². The Hall–Kier alpha value is -0.630. The minimum Gasteiger partial charge on any atom is -0.399 e. The van der Waals surface area contributed by atoms with Crippen molar-refractivity contribution in [3.63, 3.8) is 0 Å². The fourth-order valence-corrected chi connectivity index (χ4v) is 1.27. The van der Waals surface area contributed by atoms with E-state index in [0.29, 0.717) is 5.25 Å². The van der Waals surface area contributed by atoms with Crippen molar-refractivity contribution >= 4 is 18.3 Å². The van der Waals surface area contributed by atoms with Crippen LogP contribution in [0.25, 0.3) is 0 Å². The Kier molecular flexibility index (Phi) is 2.83. The van der Waals surface area contributed by atoms with Gasteiger partial charge in [-0.15, -0.1) is 0 Å². The van der Waals surface area contributed by atoms with Gasteiger partial charge in [0.05, 0.1) is 0 Å². The lowest BCUT2D eigenvalue weighted by atomic mass is 10.1. The Morgan fingerprint density at radius 3 is 2.82 bits per heavy atom. The van der Waals surface area contributed by atoms with E-state index >= 15 is 0 Å². The van der Waals surface area contributed by atoms with E-state index in [-0.39, 0.29) is 0 Å². The molecule has 0 saturated carbocycles. The Bertz CT molecular complexity index is 233. The van der Waals surface area contributed by atoms with Crippen LogP contribution in [0.5, 0.6) is 0 Å². The van der Waals surface area contributed by atoms with Crippen molar-refractivity contribution in [3.05, 3.63) is 29.8 Å². The van der Waals surface area contributed by atoms with Crippen LogP contribution in [0.3, 0.4) is 0 Å². The lowest BCUT2D eigenvalue weighted by Crippen LogP contribution is -1.97. The third-order valence-corrected chi connectivity index (χ3v) is 1.66. The molecule has 0 aliphatic rings. The second-order valence-corrected chi connectivity index (χ2v) is 3.68. The van der Waals surface area contributed by atoms with Crippen molar-refractivity contribution in [1.29, 1.82) is 0 Å². The Morgan fingerprint density at radius 1 is 1.55 bits per heavy atom. The minimum absolute atomic E-state index is 0.400. The van der Waals surface area contributed by atoms with Gasteiger partial charge in [-0.3, -0.25) is 0 Å². The summed E-state index contributed by atoms with van der Waals surface area (Å²) in [5.74, 6) is 0. The van der Waals surface area contributed by atoms with Gasteiger partial charge >= 0.3 is 0 Å². The van der Waals surface area contributed by atoms with E-state index in [4.69, 9.17) is 5.73 Å². The zero-order chi connectivity index (χ0) is 8.27. The summed E-state index contributed by atoms with van der Waals surface area (Å²) in [6.45, 7) is 2.08. The zero-order valence-electron chi connectivity index (χ0n) is 6.62. The molecule has 0 aliphatic carbocycles. The Morgan fingerprint density at radius 2 is 2.27 bits per heavy atom. The van der Waals surface area contributed by atoms with Crippen molar-refractivity contribution < 1.29 is 0 Å². The molecular formula is C9H13NS. The number of anilines is 1. The molecule has 0 aliphatic heterocycles. The molecule has 0 amide bonds. The van der Waals surface area contributed by atoms with Crippen LogP contribution in [0.2, 0.25) is 0 Å². The monoisotopic (exact) mass is 167 g/mol. The highest BCUT2D eigenvalue weighted by Crippen LogP contribution is 2.10. The highest BCUT2D eigenvalue weighted by Gasteiger charge is 1.97. The first-order valence-electron chi connectivity index (χ1n) is 3.71. The largest absolute Gasteiger partial charge is 0.399 e. The van der Waals surface area contributed by atoms with Gasteiger partial charge in [-0.1, -0.05) is 19.1 Å². The van der Waals surface area contributed by atoms with Gasteiger partial charge in [0.1, 0.15) is 0 Å². The van der Waals surface area contributed by atoms with E-state index in [1.165, 1.54) is 5.56 Å². The number of hydrogen-bond acceptors (Lipinski definition) is 2. The lowest BCUT2D eigenvalue weighted by molar-refractivity contribution is 0.951. The van der Waals surface area contributed by atoms with Gasteiger partial charge < -0.3 is 5.73 Å². The van der Waals surface area contributed by atoms with Crippen molar-refractivity contribution in [2.75, 3.05) is 5.73 Å². The fourth-order valence-electron chi connectivity index (χ4n) is 1.06. The highest BCUT2D eigenvalue weighted by atomic mass is 32.1. The van der Waals surface area contributed by atoms with Gasteiger partial charge in [0.2, 0.25) is 0 Å². The predicted octanol–water partition coefficient (Wildman–Crippen LogP) is 2.13. The van der Waals surface area contributed by atoms with Crippen LogP contribution in [0.1, 0.15) is 12.5 Å². The van der Waals surface area contributed by atoms with E-state index in [1.807, 2.05) is 18.2 Å². The smallest absolute Gasteiger partial charge is 0.0316 e. The van der Waals surface area contributed by atoms with Crippen molar-refractivity contribution in [2.24, 2.45) is 0 Å². The van der Waals surface area contributed by atoms with Gasteiger partial charge in [-0.2, -0.15) is 12.6 Å². The molecule has 1 rings (SSSR count). The summed E-state index contributed by atoms with van der Waals surface area (Å²) in [6.07, 6.45) is 0.980. The molecule has 0 saturated heterocycles. The van der Waals surface area contributed by atoms with E-state index in [1.54, 1.807) is 0 Å². The summed E-state index contributed by atoms with van der Waals surface area (Å²) >= 11 is 4.30. The molecule has 1 unspecified atom stereocenters. The number of nitrogens with two attached hydrogens (primary N) is 1. The predicted molar refractivity (Wildman–Crippen MR) is 53.0 cm³/mol. The van der Waals surface area contributed by atoms with Crippen molar-refractivity contribution in [2.45, 2.75) is 18.6 Å². The summed E-state index contributed by atoms with van der Waals surface area (Å²) in [5.41, 5.74) is 7.70. The highest BCUT2D eigenvalue weighted by molar-refractivity contribution is 7.80. The molecule has 0 spiro atoms. The summed E-state index contributed by atoms with van der Waals surface area (Å²) in [4.78, 5) is 0. The van der Waals surface area contributed by atoms with Crippen LogP contribution in [-0.2, 0) is 6.42 Å². The fraction of sp³-hybridized carbons (Fsp3) is 0.333. The summed E-state index contributed by atoms with van der Waals surface area (Å²) in [6, 6.07) is 7.93. The first kappa shape index (κ1) is 8.47. The van der Waals surface area contributed by atoms with Gasteiger partial charge in [0, 0.05) is 10.9 Å². The molecule has 1 atom stereocenters. The normalized spacial score (nSPS) is 12.9. The molecule has 2 heteroatoms. The van der Waals surface area contributed by atoms with Gasteiger partial charge in [0.15, 0.2) is 0 Å². The number of benzene rings is 1. The molecule has 2 N–H and O–H groups in total. The molecule has 1 nitrogen and oxygen atoms in total. The van der Waals surface area contributed by atoms with Gasteiger partial charge in [-0.05, 0) is 24.1 Å². The molecule has 0 heterocycles. The minimum atomic E-state index is 0.400. The topological polar surface area (TPSA) is 26.0 Å². The third-order valence-electron chi connectivity index (χ3n) is 1.48. The SMILES string of the molecule is CC(S)Cc1cccc(N)c1. The second-order valence-electron chi connectivity index (χ2n) is 2.80. The summed E-state index contributed by atoms with van der Waals surface area (Å²) in [5, 5.41) is 0.400. The molecule has 0 bridgehead atoms. The van der Waals surface area contributed by atoms with Gasteiger partial charge in [0.25, 0.3) is 0 Å². The summed E-state index contributed by atoms with van der Waals surface area (Å²) in [7, 11) is 0. The standard InChI is InChI=1S/C9H13NS/c1-7(11)5-8-3-2-4-9(10)6-8/h2-4,6-7,11H,5,10H2,1H3.